The standard InChI is InChI=1S/C8H10N2O4S/c1-10-4-6-5(7(10)8(11)12)2-3-9-15(6,13)14/h4,9H,2-3H2,1H3,(H,11,12). The van der Waals surface area contributed by atoms with Crippen LogP contribution in [0.25, 0.3) is 0 Å². The minimum absolute atomic E-state index is 0.0510. The maximum Gasteiger partial charge on any atom is 0.352 e. The van der Waals surface area contributed by atoms with Crippen LogP contribution in [0.3, 0.4) is 0 Å². The van der Waals surface area contributed by atoms with Gasteiger partial charge in [0.2, 0.25) is 10.0 Å². The van der Waals surface area contributed by atoms with Crippen molar-refractivity contribution in [3.05, 3.63) is 17.5 Å². The van der Waals surface area contributed by atoms with Crippen molar-refractivity contribution in [2.75, 3.05) is 6.54 Å². The maximum atomic E-state index is 11.5. The number of aromatic nitrogens is 1. The van der Waals surface area contributed by atoms with E-state index in [4.69, 9.17) is 5.11 Å². The Morgan fingerprint density at radius 2 is 2.27 bits per heavy atom. The molecule has 1 aliphatic heterocycles. The van der Waals surface area contributed by atoms with Gasteiger partial charge in [0.25, 0.3) is 0 Å². The molecule has 7 heteroatoms. The van der Waals surface area contributed by atoms with Gasteiger partial charge in [-0.15, -0.1) is 0 Å². The molecule has 0 bridgehead atoms. The minimum atomic E-state index is -3.51. The Morgan fingerprint density at radius 3 is 2.87 bits per heavy atom. The molecule has 0 atom stereocenters. The van der Waals surface area contributed by atoms with Crippen LogP contribution >= 0.6 is 0 Å². The van der Waals surface area contributed by atoms with Crippen LogP contribution in [0, 0.1) is 0 Å². The number of aromatic carboxylic acids is 1. The molecule has 2 N–H and O–H groups in total. The van der Waals surface area contributed by atoms with Gasteiger partial charge in [0, 0.05) is 25.4 Å². The zero-order valence-electron chi connectivity index (χ0n) is 8.02. The van der Waals surface area contributed by atoms with Gasteiger partial charge in [0.1, 0.15) is 10.6 Å². The Bertz CT molecular complexity index is 529. The van der Waals surface area contributed by atoms with E-state index in [0.717, 1.165) is 0 Å². The van der Waals surface area contributed by atoms with Crippen LogP contribution in [0.4, 0.5) is 0 Å². The van der Waals surface area contributed by atoms with Crippen molar-refractivity contribution in [1.29, 1.82) is 0 Å². The van der Waals surface area contributed by atoms with Crippen LogP contribution in [-0.4, -0.2) is 30.6 Å². The van der Waals surface area contributed by atoms with Gasteiger partial charge in [0.05, 0.1) is 0 Å². The van der Waals surface area contributed by atoms with Crippen LogP contribution in [0.15, 0.2) is 11.1 Å². The smallest absolute Gasteiger partial charge is 0.352 e. The van der Waals surface area contributed by atoms with Gasteiger partial charge in [-0.25, -0.2) is 17.9 Å². The Labute approximate surface area is 86.6 Å². The summed E-state index contributed by atoms with van der Waals surface area (Å²) in [6.07, 6.45) is 1.75. The van der Waals surface area contributed by atoms with E-state index in [1.165, 1.54) is 17.8 Å². The lowest BCUT2D eigenvalue weighted by molar-refractivity contribution is 0.0685. The van der Waals surface area contributed by atoms with Gasteiger partial charge < -0.3 is 9.67 Å². The molecule has 6 nitrogen and oxygen atoms in total. The van der Waals surface area contributed by atoms with Crippen LogP contribution in [0.2, 0.25) is 0 Å². The summed E-state index contributed by atoms with van der Waals surface area (Å²) >= 11 is 0. The number of carbonyl (C=O) groups is 1. The SMILES string of the molecule is Cn1cc2c(c1C(=O)O)CCNS2(=O)=O. The molecule has 82 valence electrons. The van der Waals surface area contributed by atoms with Crippen molar-refractivity contribution >= 4 is 16.0 Å². The van der Waals surface area contributed by atoms with Gasteiger partial charge in [0.15, 0.2) is 0 Å². The second-order valence-corrected chi connectivity index (χ2v) is 5.12. The number of nitrogens with one attached hydrogen (secondary N) is 1. The van der Waals surface area contributed by atoms with Crippen molar-refractivity contribution in [1.82, 2.24) is 9.29 Å². The van der Waals surface area contributed by atoms with Crippen molar-refractivity contribution in [2.45, 2.75) is 11.3 Å². The number of fused-ring (bicyclic) bond motifs is 1. The normalized spacial score (nSPS) is 18.5. The van der Waals surface area contributed by atoms with Crippen molar-refractivity contribution in [2.24, 2.45) is 7.05 Å². The van der Waals surface area contributed by atoms with Crippen LogP contribution < -0.4 is 4.72 Å². The third-order valence-corrected chi connectivity index (χ3v) is 3.92. The summed E-state index contributed by atoms with van der Waals surface area (Å²) in [4.78, 5) is 11.0. The maximum absolute atomic E-state index is 11.5. The van der Waals surface area contributed by atoms with E-state index in [9.17, 15) is 13.2 Å². The molecule has 0 aliphatic carbocycles. The predicted molar refractivity (Wildman–Crippen MR) is 51.3 cm³/mol. The second-order valence-electron chi connectivity index (χ2n) is 3.38. The highest BCUT2D eigenvalue weighted by molar-refractivity contribution is 7.89. The molecule has 0 saturated carbocycles. The quantitative estimate of drug-likeness (QED) is 0.684. The number of sulfonamides is 1. The summed E-state index contributed by atoms with van der Waals surface area (Å²) in [5.74, 6) is -1.10. The van der Waals surface area contributed by atoms with E-state index < -0.39 is 16.0 Å². The number of carboxylic acids is 1. The fourth-order valence-corrected chi connectivity index (χ4v) is 3.14. The minimum Gasteiger partial charge on any atom is -0.477 e. The predicted octanol–water partition coefficient (Wildman–Crippen LogP) is -0.442. The molecule has 1 aliphatic rings. The first-order valence-corrected chi connectivity index (χ1v) is 5.83. The summed E-state index contributed by atoms with van der Waals surface area (Å²) in [6.45, 7) is 0.250. The van der Waals surface area contributed by atoms with Gasteiger partial charge in [-0.1, -0.05) is 0 Å². The Kier molecular flexibility index (Phi) is 2.09. The molecule has 2 heterocycles. The van der Waals surface area contributed by atoms with Crippen LogP contribution in [0.5, 0.6) is 0 Å². The summed E-state index contributed by atoms with van der Waals surface area (Å²) in [6, 6.07) is 0. The Morgan fingerprint density at radius 1 is 1.60 bits per heavy atom. The zero-order valence-corrected chi connectivity index (χ0v) is 8.84. The molecule has 0 unspecified atom stereocenters. The van der Waals surface area contributed by atoms with Gasteiger partial charge >= 0.3 is 5.97 Å². The molecule has 15 heavy (non-hydrogen) atoms. The molecule has 1 aromatic heterocycles. The summed E-state index contributed by atoms with van der Waals surface area (Å²) in [5, 5.41) is 8.94. The van der Waals surface area contributed by atoms with E-state index >= 15 is 0 Å². The van der Waals surface area contributed by atoms with E-state index in [1.54, 1.807) is 0 Å². The van der Waals surface area contributed by atoms with E-state index in [1.807, 2.05) is 0 Å². The lowest BCUT2D eigenvalue weighted by atomic mass is 10.2. The molecule has 0 spiro atoms. The average Bonchev–Trinajstić information content (AvgIpc) is 2.42. The second kappa shape index (κ2) is 3.07. The molecular formula is C8H10N2O4S. The monoisotopic (exact) mass is 230 g/mol. The highest BCUT2D eigenvalue weighted by atomic mass is 32.2. The molecule has 0 radical (unpaired) electrons. The fraction of sp³-hybridized carbons (Fsp3) is 0.375. The molecule has 0 aromatic carbocycles. The summed E-state index contributed by atoms with van der Waals surface area (Å²) in [7, 11) is -1.99. The third kappa shape index (κ3) is 1.44. The first kappa shape index (κ1) is 10.2. The number of hydrogen-bond donors (Lipinski definition) is 2. The molecule has 0 amide bonds. The van der Waals surface area contributed by atoms with Crippen molar-refractivity contribution < 1.29 is 18.3 Å². The number of rotatable bonds is 1. The Hall–Kier alpha value is -1.34. The van der Waals surface area contributed by atoms with Crippen molar-refractivity contribution in [3.63, 3.8) is 0 Å². The lowest BCUT2D eigenvalue weighted by Gasteiger charge is -2.13. The average molecular weight is 230 g/mol. The van der Waals surface area contributed by atoms with Gasteiger partial charge in [-0.05, 0) is 6.42 Å². The van der Waals surface area contributed by atoms with Gasteiger partial charge in [-0.3, -0.25) is 0 Å². The fourth-order valence-electron chi connectivity index (χ4n) is 1.79. The van der Waals surface area contributed by atoms with E-state index in [-0.39, 0.29) is 17.1 Å². The number of carboxylic acid groups (broad SMARTS) is 1. The van der Waals surface area contributed by atoms with Crippen LogP contribution in [0.1, 0.15) is 16.1 Å². The van der Waals surface area contributed by atoms with Gasteiger partial charge in [-0.2, -0.15) is 0 Å². The number of hydrogen-bond acceptors (Lipinski definition) is 3. The van der Waals surface area contributed by atoms with Crippen LogP contribution in [-0.2, 0) is 23.5 Å². The summed E-state index contributed by atoms with van der Waals surface area (Å²) < 4.78 is 26.8. The highest BCUT2D eigenvalue weighted by Crippen LogP contribution is 2.25. The third-order valence-electron chi connectivity index (χ3n) is 2.41. The first-order chi connectivity index (χ1) is 6.93. The molecule has 2 rings (SSSR count). The van der Waals surface area contributed by atoms with E-state index in [2.05, 4.69) is 4.72 Å². The molecular weight excluding hydrogens is 220 g/mol. The first-order valence-electron chi connectivity index (χ1n) is 4.34. The number of nitrogens with zero attached hydrogens (tertiary/aromatic N) is 1. The molecule has 1 aromatic rings. The largest absolute Gasteiger partial charge is 0.477 e. The topological polar surface area (TPSA) is 88.4 Å². The Balaban J connectivity index is 2.74. The highest BCUT2D eigenvalue weighted by Gasteiger charge is 2.30. The van der Waals surface area contributed by atoms with E-state index in [0.29, 0.717) is 12.0 Å². The van der Waals surface area contributed by atoms with Crippen molar-refractivity contribution in [3.8, 4) is 0 Å². The molecule has 0 saturated heterocycles. The molecule has 0 fully saturated rings. The zero-order chi connectivity index (χ0) is 11.2. The summed E-state index contributed by atoms with van der Waals surface area (Å²) in [5.41, 5.74) is 0.443. The number of aryl methyl sites for hydroxylation is 1. The lowest BCUT2D eigenvalue weighted by Crippen LogP contribution is -2.31.